The minimum Gasteiger partial charge on any atom is -0.396 e. The van der Waals surface area contributed by atoms with Crippen LogP contribution in [0.15, 0.2) is 11.0 Å². The molecule has 1 aliphatic heterocycles. The van der Waals surface area contributed by atoms with E-state index in [0.29, 0.717) is 0 Å². The van der Waals surface area contributed by atoms with Gasteiger partial charge in [-0.05, 0) is 0 Å². The van der Waals surface area contributed by atoms with Gasteiger partial charge in [0.1, 0.15) is 6.10 Å². The van der Waals surface area contributed by atoms with E-state index < -0.39 is 54.4 Å². The van der Waals surface area contributed by atoms with E-state index in [1.807, 2.05) is 0 Å². The average molecular weight is 289 g/mol. The topological polar surface area (TPSA) is 131 Å². The zero-order chi connectivity index (χ0) is 15.1. The SMILES string of the molecule is C[C@]1(CO)C(CO)OC(n2cc(F)c(N)nc2=O)C1O. The summed E-state index contributed by atoms with van der Waals surface area (Å²) in [6.45, 7) is 0.546. The first kappa shape index (κ1) is 14.9. The quantitative estimate of drug-likeness (QED) is 0.517. The summed E-state index contributed by atoms with van der Waals surface area (Å²) in [5.41, 5.74) is 3.09. The van der Waals surface area contributed by atoms with E-state index in [1.54, 1.807) is 0 Å². The molecule has 0 spiro atoms. The van der Waals surface area contributed by atoms with Crippen LogP contribution in [0.25, 0.3) is 0 Å². The third-order valence-corrected chi connectivity index (χ3v) is 3.70. The fourth-order valence-corrected chi connectivity index (χ4v) is 2.22. The van der Waals surface area contributed by atoms with Gasteiger partial charge < -0.3 is 25.8 Å². The lowest BCUT2D eigenvalue weighted by Crippen LogP contribution is -2.43. The molecule has 1 aliphatic rings. The Labute approximate surface area is 113 Å². The lowest BCUT2D eigenvalue weighted by atomic mass is 9.81. The van der Waals surface area contributed by atoms with Crippen molar-refractivity contribution in [2.24, 2.45) is 5.41 Å². The third-order valence-electron chi connectivity index (χ3n) is 3.70. The fraction of sp³-hybridized carbons (Fsp3) is 0.636. The Kier molecular flexibility index (Phi) is 3.78. The summed E-state index contributed by atoms with van der Waals surface area (Å²) in [6.07, 6.45) is -2.72. The molecule has 0 aromatic carbocycles. The first-order valence-electron chi connectivity index (χ1n) is 5.94. The van der Waals surface area contributed by atoms with Crippen LogP contribution in [0.3, 0.4) is 0 Å². The van der Waals surface area contributed by atoms with Gasteiger partial charge in [-0.25, -0.2) is 9.18 Å². The number of hydrogen-bond acceptors (Lipinski definition) is 7. The molecule has 0 saturated carbocycles. The summed E-state index contributed by atoms with van der Waals surface area (Å²) in [7, 11) is 0. The van der Waals surface area contributed by atoms with Gasteiger partial charge in [0.05, 0.1) is 25.5 Å². The van der Waals surface area contributed by atoms with Gasteiger partial charge in [-0.15, -0.1) is 0 Å². The monoisotopic (exact) mass is 289 g/mol. The van der Waals surface area contributed by atoms with Gasteiger partial charge in [-0.2, -0.15) is 4.98 Å². The zero-order valence-corrected chi connectivity index (χ0v) is 10.7. The Hall–Kier alpha value is -1.55. The van der Waals surface area contributed by atoms with Gasteiger partial charge in [0.2, 0.25) is 0 Å². The molecule has 1 aromatic heterocycles. The highest BCUT2D eigenvalue weighted by Crippen LogP contribution is 2.42. The van der Waals surface area contributed by atoms with Gasteiger partial charge in [0, 0.05) is 5.41 Å². The molecule has 0 aliphatic carbocycles. The Bertz CT molecular complexity index is 565. The van der Waals surface area contributed by atoms with Crippen molar-refractivity contribution in [2.75, 3.05) is 18.9 Å². The van der Waals surface area contributed by atoms with Crippen molar-refractivity contribution in [3.05, 3.63) is 22.5 Å². The average Bonchev–Trinajstić information content (AvgIpc) is 2.67. The van der Waals surface area contributed by atoms with Crippen molar-refractivity contribution in [3.63, 3.8) is 0 Å². The van der Waals surface area contributed by atoms with Gasteiger partial charge in [0.25, 0.3) is 0 Å². The Morgan fingerprint density at radius 1 is 1.60 bits per heavy atom. The molecule has 4 atom stereocenters. The Balaban J connectivity index is 2.45. The number of aromatic nitrogens is 2. The normalized spacial score (nSPS) is 33.5. The second kappa shape index (κ2) is 5.09. The summed E-state index contributed by atoms with van der Waals surface area (Å²) in [5, 5.41) is 28.8. The summed E-state index contributed by atoms with van der Waals surface area (Å²) >= 11 is 0. The third kappa shape index (κ3) is 2.08. The van der Waals surface area contributed by atoms with Crippen molar-refractivity contribution in [1.29, 1.82) is 0 Å². The number of nitrogens with zero attached hydrogens (tertiary/aromatic N) is 2. The summed E-state index contributed by atoms with van der Waals surface area (Å²) < 4.78 is 19.5. The summed E-state index contributed by atoms with van der Waals surface area (Å²) in [4.78, 5) is 15.0. The minimum absolute atomic E-state index is 0.468. The van der Waals surface area contributed by atoms with E-state index in [1.165, 1.54) is 6.92 Å². The van der Waals surface area contributed by atoms with Crippen molar-refractivity contribution in [1.82, 2.24) is 9.55 Å². The predicted octanol–water partition coefficient (Wildman–Crippen LogP) is -1.79. The van der Waals surface area contributed by atoms with Crippen molar-refractivity contribution in [3.8, 4) is 0 Å². The maximum absolute atomic E-state index is 13.4. The molecule has 0 amide bonds. The molecule has 1 fully saturated rings. The van der Waals surface area contributed by atoms with Gasteiger partial charge >= 0.3 is 5.69 Å². The van der Waals surface area contributed by atoms with Gasteiger partial charge in [-0.1, -0.05) is 6.92 Å². The van der Waals surface area contributed by atoms with Crippen LogP contribution in [-0.4, -0.2) is 50.3 Å². The van der Waals surface area contributed by atoms with Crippen LogP contribution >= 0.6 is 0 Å². The zero-order valence-electron chi connectivity index (χ0n) is 10.7. The molecule has 3 unspecified atom stereocenters. The summed E-state index contributed by atoms with van der Waals surface area (Å²) in [6, 6.07) is 0. The van der Waals surface area contributed by atoms with Crippen LogP contribution in [0, 0.1) is 11.2 Å². The second-order valence-electron chi connectivity index (χ2n) is 4.97. The number of halogens is 1. The molecular weight excluding hydrogens is 273 g/mol. The number of nitrogen functional groups attached to an aromatic ring is 1. The largest absolute Gasteiger partial charge is 0.396 e. The van der Waals surface area contributed by atoms with E-state index in [9.17, 15) is 24.5 Å². The molecule has 0 bridgehead atoms. The van der Waals surface area contributed by atoms with Crippen LogP contribution in [0.4, 0.5) is 10.2 Å². The number of nitrogens with two attached hydrogens (primary N) is 1. The van der Waals surface area contributed by atoms with Crippen LogP contribution in [0.2, 0.25) is 0 Å². The maximum atomic E-state index is 13.4. The fourth-order valence-electron chi connectivity index (χ4n) is 2.22. The number of rotatable bonds is 3. The van der Waals surface area contributed by atoms with Gasteiger partial charge in [-0.3, -0.25) is 4.57 Å². The number of ether oxygens (including phenoxy) is 1. The number of aliphatic hydroxyl groups excluding tert-OH is 3. The molecule has 9 heteroatoms. The van der Waals surface area contributed by atoms with Crippen LogP contribution in [0.5, 0.6) is 0 Å². The molecule has 5 N–H and O–H groups in total. The Morgan fingerprint density at radius 2 is 2.25 bits per heavy atom. The Morgan fingerprint density at radius 3 is 2.75 bits per heavy atom. The highest BCUT2D eigenvalue weighted by atomic mass is 19.1. The maximum Gasteiger partial charge on any atom is 0.351 e. The van der Waals surface area contributed by atoms with Crippen LogP contribution in [0.1, 0.15) is 13.2 Å². The highest BCUT2D eigenvalue weighted by Gasteiger charge is 2.53. The second-order valence-corrected chi connectivity index (χ2v) is 4.97. The summed E-state index contributed by atoms with van der Waals surface area (Å²) in [5.74, 6) is -1.49. The highest BCUT2D eigenvalue weighted by molar-refractivity contribution is 5.26. The van der Waals surface area contributed by atoms with Crippen molar-refractivity contribution < 1.29 is 24.4 Å². The molecule has 2 rings (SSSR count). The molecule has 112 valence electrons. The van der Waals surface area contributed by atoms with E-state index in [2.05, 4.69) is 4.98 Å². The smallest absolute Gasteiger partial charge is 0.351 e. The van der Waals surface area contributed by atoms with E-state index in [4.69, 9.17) is 10.5 Å². The minimum atomic E-state index is -1.33. The molecule has 0 radical (unpaired) electrons. The van der Waals surface area contributed by atoms with Crippen LogP contribution in [-0.2, 0) is 4.74 Å². The predicted molar refractivity (Wildman–Crippen MR) is 65.1 cm³/mol. The standard InChI is InChI=1S/C11H16FN3O5/c1-11(4-17)6(3-16)20-9(7(11)18)15-2-5(12)8(13)14-10(15)19/h2,6-7,9,16-18H,3-4H2,1H3,(H2,13,14,19)/t6?,7?,9?,11-/m0/s1. The molecule has 20 heavy (non-hydrogen) atoms. The van der Waals surface area contributed by atoms with E-state index >= 15 is 0 Å². The van der Waals surface area contributed by atoms with Crippen molar-refractivity contribution >= 4 is 5.82 Å². The van der Waals surface area contributed by atoms with Crippen molar-refractivity contribution in [2.45, 2.75) is 25.4 Å². The van der Waals surface area contributed by atoms with Gasteiger partial charge in [0.15, 0.2) is 17.9 Å². The number of anilines is 1. The molecule has 1 aromatic rings. The number of hydrogen-bond donors (Lipinski definition) is 4. The number of aliphatic hydroxyl groups is 3. The van der Waals surface area contributed by atoms with E-state index in [0.717, 1.165) is 10.8 Å². The molecular formula is C11H16FN3O5. The molecule has 8 nitrogen and oxygen atoms in total. The molecule has 2 heterocycles. The lowest BCUT2D eigenvalue weighted by Gasteiger charge is -2.29. The first-order valence-corrected chi connectivity index (χ1v) is 5.94. The molecule has 1 saturated heterocycles. The van der Waals surface area contributed by atoms with Crippen LogP contribution < -0.4 is 11.4 Å². The lowest BCUT2D eigenvalue weighted by molar-refractivity contribution is -0.0574. The van der Waals surface area contributed by atoms with E-state index in [-0.39, 0.29) is 0 Å². The first-order chi connectivity index (χ1) is 9.35.